The summed E-state index contributed by atoms with van der Waals surface area (Å²) >= 11 is 6.10. The zero-order valence-corrected chi connectivity index (χ0v) is 18.5. The van der Waals surface area contributed by atoms with E-state index in [9.17, 15) is 14.4 Å². The molecule has 0 radical (unpaired) electrons. The molecule has 1 N–H and O–H groups in total. The molecule has 3 amide bonds. The Morgan fingerprint density at radius 3 is 2.10 bits per heavy atom. The fourth-order valence-electron chi connectivity index (χ4n) is 3.01. The lowest BCUT2D eigenvalue weighted by Gasteiger charge is -2.37. The maximum Gasteiger partial charge on any atom is 0.410 e. The van der Waals surface area contributed by atoms with Crippen LogP contribution in [-0.4, -0.2) is 65.5 Å². The highest BCUT2D eigenvalue weighted by molar-refractivity contribution is 6.33. The van der Waals surface area contributed by atoms with Gasteiger partial charge in [-0.15, -0.1) is 0 Å². The summed E-state index contributed by atoms with van der Waals surface area (Å²) < 4.78 is 5.39. The van der Waals surface area contributed by atoms with Crippen LogP contribution in [0.4, 0.5) is 4.79 Å². The summed E-state index contributed by atoms with van der Waals surface area (Å²) in [6.07, 6.45) is -0.378. The molecule has 0 saturated carbocycles. The van der Waals surface area contributed by atoms with E-state index in [1.807, 2.05) is 34.6 Å². The molecule has 1 fully saturated rings. The second-order valence-electron chi connectivity index (χ2n) is 8.47. The molecule has 0 spiro atoms. The second kappa shape index (κ2) is 9.48. The third-order valence-electron chi connectivity index (χ3n) is 4.58. The number of benzene rings is 1. The zero-order valence-electron chi connectivity index (χ0n) is 17.7. The first-order chi connectivity index (χ1) is 13.5. The highest BCUT2D eigenvalue weighted by Crippen LogP contribution is 2.17. The second-order valence-corrected chi connectivity index (χ2v) is 8.87. The summed E-state index contributed by atoms with van der Waals surface area (Å²) in [7, 11) is 0. The van der Waals surface area contributed by atoms with Crippen LogP contribution in [0.25, 0.3) is 0 Å². The summed E-state index contributed by atoms with van der Waals surface area (Å²) in [4.78, 5) is 41.1. The molecule has 1 aliphatic heterocycles. The first-order valence-electron chi connectivity index (χ1n) is 9.81. The van der Waals surface area contributed by atoms with Crippen LogP contribution in [0, 0.1) is 5.92 Å². The van der Waals surface area contributed by atoms with Gasteiger partial charge in [-0.25, -0.2) is 4.79 Å². The first-order valence-corrected chi connectivity index (χ1v) is 10.2. The Morgan fingerprint density at radius 2 is 1.59 bits per heavy atom. The number of carbonyl (C=O) groups excluding carboxylic acids is 3. The van der Waals surface area contributed by atoms with Gasteiger partial charge in [-0.1, -0.05) is 37.6 Å². The molecule has 29 heavy (non-hydrogen) atoms. The monoisotopic (exact) mass is 423 g/mol. The summed E-state index contributed by atoms with van der Waals surface area (Å²) in [5.41, 5.74) is -0.224. The van der Waals surface area contributed by atoms with Gasteiger partial charge in [0.25, 0.3) is 5.91 Å². The van der Waals surface area contributed by atoms with E-state index >= 15 is 0 Å². The van der Waals surface area contributed by atoms with Crippen molar-refractivity contribution in [3.63, 3.8) is 0 Å². The van der Waals surface area contributed by atoms with Crippen LogP contribution in [-0.2, 0) is 9.53 Å². The minimum absolute atomic E-state index is 0.0992. The molecule has 1 heterocycles. The number of piperazine rings is 1. The van der Waals surface area contributed by atoms with E-state index in [0.717, 1.165) is 0 Å². The van der Waals surface area contributed by atoms with E-state index in [1.54, 1.807) is 34.1 Å². The van der Waals surface area contributed by atoms with Crippen molar-refractivity contribution in [3.8, 4) is 0 Å². The minimum atomic E-state index is -0.674. The predicted molar refractivity (Wildman–Crippen MR) is 112 cm³/mol. The van der Waals surface area contributed by atoms with Crippen molar-refractivity contribution in [2.75, 3.05) is 26.2 Å². The van der Waals surface area contributed by atoms with Crippen LogP contribution < -0.4 is 5.32 Å². The van der Waals surface area contributed by atoms with E-state index in [0.29, 0.717) is 36.8 Å². The van der Waals surface area contributed by atoms with Crippen molar-refractivity contribution in [3.05, 3.63) is 34.9 Å². The number of nitrogens with one attached hydrogen (secondary N) is 1. The summed E-state index contributed by atoms with van der Waals surface area (Å²) in [6, 6.07) is 6.06. The van der Waals surface area contributed by atoms with Gasteiger partial charge in [0.1, 0.15) is 11.6 Å². The standard InChI is InChI=1S/C21H30ClN3O4/c1-14(2)17(23-18(26)15-8-6-7-9-16(15)22)19(27)24-10-12-25(13-11-24)20(28)29-21(3,4)5/h6-9,14,17H,10-13H2,1-5H3,(H,23,26). The molecule has 0 bridgehead atoms. The van der Waals surface area contributed by atoms with Crippen molar-refractivity contribution in [1.29, 1.82) is 0 Å². The number of hydrogen-bond acceptors (Lipinski definition) is 4. The summed E-state index contributed by atoms with van der Waals surface area (Å²) in [5, 5.41) is 3.15. The Labute approximate surface area is 177 Å². The van der Waals surface area contributed by atoms with Crippen molar-refractivity contribution in [1.82, 2.24) is 15.1 Å². The molecule has 2 rings (SSSR count). The van der Waals surface area contributed by atoms with E-state index in [2.05, 4.69) is 5.32 Å². The van der Waals surface area contributed by atoms with E-state index < -0.39 is 11.6 Å². The van der Waals surface area contributed by atoms with Crippen LogP contribution in [0.5, 0.6) is 0 Å². The van der Waals surface area contributed by atoms with Gasteiger partial charge in [0.15, 0.2) is 0 Å². The van der Waals surface area contributed by atoms with Crippen molar-refractivity contribution in [2.45, 2.75) is 46.3 Å². The molecule has 1 unspecified atom stereocenters. The minimum Gasteiger partial charge on any atom is -0.444 e. The molecule has 8 heteroatoms. The van der Waals surface area contributed by atoms with Gasteiger partial charge in [0.2, 0.25) is 5.91 Å². The Bertz CT molecular complexity index is 753. The largest absolute Gasteiger partial charge is 0.444 e. The summed E-state index contributed by atoms with van der Waals surface area (Å²) in [5.74, 6) is -0.642. The Balaban J connectivity index is 1.99. The van der Waals surface area contributed by atoms with Gasteiger partial charge in [-0.05, 0) is 38.8 Å². The highest BCUT2D eigenvalue weighted by atomic mass is 35.5. The Morgan fingerprint density at radius 1 is 1.03 bits per heavy atom. The molecule has 1 aromatic carbocycles. The quantitative estimate of drug-likeness (QED) is 0.806. The molecule has 7 nitrogen and oxygen atoms in total. The zero-order chi connectivity index (χ0) is 21.8. The van der Waals surface area contributed by atoms with Gasteiger partial charge in [-0.2, -0.15) is 0 Å². The number of carbonyl (C=O) groups is 3. The maximum atomic E-state index is 13.0. The van der Waals surface area contributed by atoms with Crippen molar-refractivity contribution < 1.29 is 19.1 Å². The van der Waals surface area contributed by atoms with E-state index in [-0.39, 0.29) is 23.8 Å². The van der Waals surface area contributed by atoms with Gasteiger partial charge in [0, 0.05) is 26.2 Å². The molecule has 1 atom stereocenters. The molecule has 160 valence electrons. The average Bonchev–Trinajstić information content (AvgIpc) is 2.64. The third kappa shape index (κ3) is 6.35. The topological polar surface area (TPSA) is 79.0 Å². The molecule has 0 aliphatic carbocycles. The molecular formula is C21H30ClN3O4. The fourth-order valence-corrected chi connectivity index (χ4v) is 3.23. The van der Waals surface area contributed by atoms with Gasteiger partial charge in [-0.3, -0.25) is 9.59 Å². The van der Waals surface area contributed by atoms with Crippen molar-refractivity contribution >= 4 is 29.5 Å². The third-order valence-corrected chi connectivity index (χ3v) is 4.91. The van der Waals surface area contributed by atoms with Gasteiger partial charge in [0.05, 0.1) is 10.6 Å². The number of halogens is 1. The van der Waals surface area contributed by atoms with Gasteiger partial charge < -0.3 is 19.9 Å². The average molecular weight is 424 g/mol. The number of amides is 3. The molecular weight excluding hydrogens is 394 g/mol. The first kappa shape index (κ1) is 23.0. The number of rotatable bonds is 4. The number of hydrogen-bond donors (Lipinski definition) is 1. The van der Waals surface area contributed by atoms with E-state index in [1.165, 1.54) is 0 Å². The Kier molecular flexibility index (Phi) is 7.52. The lowest BCUT2D eigenvalue weighted by molar-refractivity contribution is -0.136. The number of ether oxygens (including phenoxy) is 1. The normalized spacial score (nSPS) is 15.8. The molecule has 0 aromatic heterocycles. The fraction of sp³-hybridized carbons (Fsp3) is 0.571. The van der Waals surface area contributed by atoms with Crippen LogP contribution in [0.15, 0.2) is 24.3 Å². The van der Waals surface area contributed by atoms with Crippen LogP contribution in [0.3, 0.4) is 0 Å². The SMILES string of the molecule is CC(C)C(NC(=O)c1ccccc1Cl)C(=O)N1CCN(C(=O)OC(C)(C)C)CC1. The van der Waals surface area contributed by atoms with Crippen LogP contribution >= 0.6 is 11.6 Å². The molecule has 1 saturated heterocycles. The van der Waals surface area contributed by atoms with Crippen molar-refractivity contribution in [2.24, 2.45) is 5.92 Å². The van der Waals surface area contributed by atoms with E-state index in [4.69, 9.17) is 16.3 Å². The lowest BCUT2D eigenvalue weighted by atomic mass is 10.0. The lowest BCUT2D eigenvalue weighted by Crippen LogP contribution is -2.57. The van der Waals surface area contributed by atoms with Crippen LogP contribution in [0.1, 0.15) is 45.0 Å². The number of nitrogens with zero attached hydrogens (tertiary/aromatic N) is 2. The highest BCUT2D eigenvalue weighted by Gasteiger charge is 2.33. The van der Waals surface area contributed by atoms with Gasteiger partial charge >= 0.3 is 6.09 Å². The maximum absolute atomic E-state index is 13.0. The molecule has 1 aliphatic rings. The van der Waals surface area contributed by atoms with Crippen LogP contribution in [0.2, 0.25) is 5.02 Å². The Hall–Kier alpha value is -2.28. The predicted octanol–water partition coefficient (Wildman–Crippen LogP) is 3.17. The molecule has 1 aromatic rings. The smallest absolute Gasteiger partial charge is 0.410 e. The summed E-state index contributed by atoms with van der Waals surface area (Å²) in [6.45, 7) is 10.8.